The Kier molecular flexibility index (Phi) is 5.24. The molecule has 3 aliphatic rings. The van der Waals surface area contributed by atoms with Gasteiger partial charge in [0.05, 0.1) is 7.11 Å². The van der Waals surface area contributed by atoms with Crippen LogP contribution in [0.5, 0.6) is 0 Å². The Morgan fingerprint density at radius 2 is 1.73 bits per heavy atom. The lowest BCUT2D eigenvalue weighted by molar-refractivity contribution is 0.0630. The van der Waals surface area contributed by atoms with Crippen LogP contribution in [0.2, 0.25) is 0 Å². The number of hydrogen-bond donors (Lipinski definition) is 1. The smallest absolute Gasteiger partial charge is 0.409 e. The second kappa shape index (κ2) is 7.18. The van der Waals surface area contributed by atoms with Crippen LogP contribution in [0.25, 0.3) is 0 Å². The van der Waals surface area contributed by atoms with Crippen LogP contribution in [-0.2, 0) is 4.74 Å². The van der Waals surface area contributed by atoms with Crippen molar-refractivity contribution < 1.29 is 9.53 Å². The van der Waals surface area contributed by atoms with Crippen molar-refractivity contribution in [3.63, 3.8) is 0 Å². The van der Waals surface area contributed by atoms with Crippen LogP contribution >= 0.6 is 0 Å². The quantitative estimate of drug-likeness (QED) is 0.846. The van der Waals surface area contributed by atoms with E-state index in [9.17, 15) is 4.79 Å². The van der Waals surface area contributed by atoms with E-state index in [-0.39, 0.29) is 6.09 Å². The number of carbonyl (C=O) groups is 1. The summed E-state index contributed by atoms with van der Waals surface area (Å²) in [6.45, 7) is 7.30. The molecule has 0 unspecified atom stereocenters. The van der Waals surface area contributed by atoms with Crippen LogP contribution in [0.4, 0.5) is 4.79 Å². The molecule has 0 aromatic rings. The molecule has 5 heteroatoms. The normalized spacial score (nSPS) is 27.0. The summed E-state index contributed by atoms with van der Waals surface area (Å²) in [5.74, 6) is 0.866. The topological polar surface area (TPSA) is 44.8 Å². The molecule has 0 aromatic carbocycles. The van der Waals surface area contributed by atoms with Crippen molar-refractivity contribution in [1.82, 2.24) is 15.1 Å². The van der Waals surface area contributed by atoms with Crippen molar-refractivity contribution in [3.05, 3.63) is 0 Å². The Balaban J connectivity index is 1.39. The van der Waals surface area contributed by atoms with Crippen molar-refractivity contribution in [1.29, 1.82) is 0 Å². The third kappa shape index (κ3) is 3.74. The van der Waals surface area contributed by atoms with E-state index >= 15 is 0 Å². The van der Waals surface area contributed by atoms with Gasteiger partial charge in [0.25, 0.3) is 0 Å². The maximum atomic E-state index is 11.5. The fraction of sp³-hybridized carbons (Fsp3) is 0.941. The summed E-state index contributed by atoms with van der Waals surface area (Å²) < 4.78 is 4.80. The van der Waals surface area contributed by atoms with E-state index in [1.165, 1.54) is 65.3 Å². The minimum Gasteiger partial charge on any atom is -0.453 e. The van der Waals surface area contributed by atoms with Crippen molar-refractivity contribution in [3.8, 4) is 0 Å². The number of piperazine rings is 1. The van der Waals surface area contributed by atoms with Crippen LogP contribution in [0.3, 0.4) is 0 Å². The SMILES string of the molecule is COC(=O)N1CCN(CC2CCC3(CCNCC3)CC2)CC1. The molecule has 0 aromatic heterocycles. The number of hydrogen-bond acceptors (Lipinski definition) is 4. The standard InChI is InChI=1S/C17H31N3O2/c1-22-16(21)20-12-10-19(11-13-20)14-15-2-4-17(5-3-15)6-8-18-9-7-17/h15,18H,2-14H2,1H3. The lowest BCUT2D eigenvalue weighted by Crippen LogP contribution is -2.50. The Morgan fingerprint density at radius 3 is 2.32 bits per heavy atom. The Morgan fingerprint density at radius 1 is 1.09 bits per heavy atom. The third-order valence-corrected chi connectivity index (χ3v) is 6.15. The monoisotopic (exact) mass is 309 g/mol. The minimum atomic E-state index is -0.176. The number of amides is 1. The summed E-state index contributed by atoms with van der Waals surface area (Å²) >= 11 is 0. The molecule has 126 valence electrons. The third-order valence-electron chi connectivity index (χ3n) is 6.15. The molecule has 2 heterocycles. The van der Waals surface area contributed by atoms with E-state index in [2.05, 4.69) is 10.2 Å². The molecule has 0 radical (unpaired) electrons. The van der Waals surface area contributed by atoms with E-state index in [0.717, 1.165) is 32.1 Å². The number of ether oxygens (including phenoxy) is 1. The van der Waals surface area contributed by atoms with Gasteiger partial charge in [0.2, 0.25) is 0 Å². The predicted octanol–water partition coefficient (Wildman–Crippen LogP) is 1.93. The van der Waals surface area contributed by atoms with E-state index in [4.69, 9.17) is 4.74 Å². The van der Waals surface area contributed by atoms with Gasteiger partial charge < -0.3 is 15.0 Å². The molecule has 1 aliphatic carbocycles. The van der Waals surface area contributed by atoms with Crippen LogP contribution in [0.1, 0.15) is 38.5 Å². The zero-order valence-corrected chi connectivity index (χ0v) is 14.0. The fourth-order valence-corrected chi connectivity index (χ4v) is 4.54. The number of piperidine rings is 1. The van der Waals surface area contributed by atoms with Crippen molar-refractivity contribution in [2.24, 2.45) is 11.3 Å². The van der Waals surface area contributed by atoms with E-state index in [1.807, 2.05) is 4.90 Å². The molecule has 0 atom stereocenters. The Labute approximate surface area is 134 Å². The Hall–Kier alpha value is -0.810. The van der Waals surface area contributed by atoms with Gasteiger partial charge >= 0.3 is 6.09 Å². The van der Waals surface area contributed by atoms with Crippen molar-refractivity contribution >= 4 is 6.09 Å². The number of rotatable bonds is 2. The highest BCUT2D eigenvalue weighted by atomic mass is 16.5. The minimum absolute atomic E-state index is 0.176. The van der Waals surface area contributed by atoms with Gasteiger partial charge in [0.1, 0.15) is 0 Å². The molecule has 3 fully saturated rings. The van der Waals surface area contributed by atoms with Crippen molar-refractivity contribution in [2.45, 2.75) is 38.5 Å². The van der Waals surface area contributed by atoms with E-state index in [1.54, 1.807) is 0 Å². The van der Waals surface area contributed by atoms with Gasteiger partial charge in [-0.2, -0.15) is 0 Å². The lowest BCUT2D eigenvalue weighted by Gasteiger charge is -2.44. The average molecular weight is 309 g/mol. The average Bonchev–Trinajstić information content (AvgIpc) is 2.58. The highest BCUT2D eigenvalue weighted by molar-refractivity contribution is 5.67. The molecule has 1 saturated carbocycles. The second-order valence-electron chi connectivity index (χ2n) is 7.45. The first-order valence-electron chi connectivity index (χ1n) is 8.97. The molecular weight excluding hydrogens is 278 g/mol. The molecule has 0 bridgehead atoms. The molecule has 3 rings (SSSR count). The highest BCUT2D eigenvalue weighted by Gasteiger charge is 2.36. The summed E-state index contributed by atoms with van der Waals surface area (Å²) in [6, 6.07) is 0. The Bertz CT molecular complexity index is 364. The summed E-state index contributed by atoms with van der Waals surface area (Å²) in [5, 5.41) is 3.50. The maximum absolute atomic E-state index is 11.5. The van der Waals surface area contributed by atoms with E-state index < -0.39 is 0 Å². The second-order valence-corrected chi connectivity index (χ2v) is 7.45. The number of nitrogens with one attached hydrogen (secondary N) is 1. The summed E-state index contributed by atoms with van der Waals surface area (Å²) in [4.78, 5) is 15.9. The van der Waals surface area contributed by atoms with Gasteiger partial charge in [-0.3, -0.25) is 4.90 Å². The van der Waals surface area contributed by atoms with Gasteiger partial charge in [-0.15, -0.1) is 0 Å². The summed E-state index contributed by atoms with van der Waals surface area (Å²) in [7, 11) is 1.47. The van der Waals surface area contributed by atoms with Crippen molar-refractivity contribution in [2.75, 3.05) is 52.9 Å². The fourth-order valence-electron chi connectivity index (χ4n) is 4.54. The number of methoxy groups -OCH3 is 1. The number of nitrogens with zero attached hydrogens (tertiary/aromatic N) is 2. The lowest BCUT2D eigenvalue weighted by atomic mass is 9.65. The van der Waals surface area contributed by atoms with Crippen LogP contribution in [-0.4, -0.2) is 68.8 Å². The van der Waals surface area contributed by atoms with Crippen LogP contribution in [0, 0.1) is 11.3 Å². The van der Waals surface area contributed by atoms with Crippen LogP contribution < -0.4 is 5.32 Å². The summed E-state index contributed by atoms with van der Waals surface area (Å²) in [6.07, 6.45) is 8.26. The van der Waals surface area contributed by atoms with Crippen LogP contribution in [0.15, 0.2) is 0 Å². The zero-order chi connectivity index (χ0) is 15.4. The van der Waals surface area contributed by atoms with Gasteiger partial charge in [-0.1, -0.05) is 0 Å². The molecule has 1 N–H and O–H groups in total. The van der Waals surface area contributed by atoms with Gasteiger partial charge in [0.15, 0.2) is 0 Å². The molecule has 2 saturated heterocycles. The maximum Gasteiger partial charge on any atom is 0.409 e. The molecule has 1 amide bonds. The molecule has 5 nitrogen and oxygen atoms in total. The zero-order valence-electron chi connectivity index (χ0n) is 14.0. The first kappa shape index (κ1) is 16.1. The summed E-state index contributed by atoms with van der Waals surface area (Å²) in [5.41, 5.74) is 0.672. The largest absolute Gasteiger partial charge is 0.453 e. The molecular formula is C17H31N3O2. The number of carbonyl (C=O) groups excluding carboxylic acids is 1. The molecule has 1 spiro atoms. The first-order chi connectivity index (χ1) is 10.7. The van der Waals surface area contributed by atoms with E-state index in [0.29, 0.717) is 5.41 Å². The molecule has 2 aliphatic heterocycles. The molecule has 22 heavy (non-hydrogen) atoms. The van der Waals surface area contributed by atoms with Gasteiger partial charge in [-0.25, -0.2) is 4.79 Å². The van der Waals surface area contributed by atoms with Gasteiger partial charge in [0, 0.05) is 32.7 Å². The predicted molar refractivity (Wildman–Crippen MR) is 86.9 cm³/mol. The highest BCUT2D eigenvalue weighted by Crippen LogP contribution is 2.45. The first-order valence-corrected chi connectivity index (χ1v) is 8.97. The van der Waals surface area contributed by atoms with Gasteiger partial charge in [-0.05, 0) is 62.9 Å².